The highest BCUT2D eigenvalue weighted by molar-refractivity contribution is 5.78. The van der Waals surface area contributed by atoms with Crippen LogP contribution in [0.1, 0.15) is 38.5 Å². The van der Waals surface area contributed by atoms with E-state index in [1.54, 1.807) is 0 Å². The molecule has 0 bridgehead atoms. The lowest BCUT2D eigenvalue weighted by Crippen LogP contribution is -1.96. The van der Waals surface area contributed by atoms with Crippen molar-refractivity contribution in [1.82, 2.24) is 0 Å². The van der Waals surface area contributed by atoms with Gasteiger partial charge in [0.1, 0.15) is 5.78 Å². The van der Waals surface area contributed by atoms with E-state index in [2.05, 4.69) is 13.2 Å². The predicted molar refractivity (Wildman–Crippen MR) is 53.1 cm³/mol. The SMILES string of the molecule is C=CCCCC(=O)CCCC=C. The number of ketones is 1. The molecule has 1 heteroatoms. The zero-order valence-electron chi connectivity index (χ0n) is 7.72. The van der Waals surface area contributed by atoms with E-state index in [1.807, 2.05) is 12.2 Å². The number of unbranched alkanes of at least 4 members (excludes halogenated alkanes) is 2. The number of hydrogen-bond donors (Lipinski definition) is 0. The molecule has 0 fully saturated rings. The van der Waals surface area contributed by atoms with Gasteiger partial charge in [0.2, 0.25) is 0 Å². The van der Waals surface area contributed by atoms with Crippen LogP contribution in [0.3, 0.4) is 0 Å². The Labute approximate surface area is 75.2 Å². The molecule has 0 radical (unpaired) electrons. The third-order valence-corrected chi connectivity index (χ3v) is 1.73. The topological polar surface area (TPSA) is 17.1 Å². The Morgan fingerprint density at radius 2 is 1.42 bits per heavy atom. The van der Waals surface area contributed by atoms with Crippen molar-refractivity contribution in [3.63, 3.8) is 0 Å². The number of allylic oxidation sites excluding steroid dienone is 2. The average Bonchev–Trinajstić information content (AvgIpc) is 2.06. The first-order valence-electron chi connectivity index (χ1n) is 4.54. The Morgan fingerprint density at radius 1 is 1.00 bits per heavy atom. The van der Waals surface area contributed by atoms with Crippen LogP contribution in [-0.2, 0) is 4.79 Å². The molecule has 0 rings (SSSR count). The molecule has 0 aliphatic carbocycles. The summed E-state index contributed by atoms with van der Waals surface area (Å²) in [5, 5.41) is 0. The molecule has 12 heavy (non-hydrogen) atoms. The molecule has 0 unspecified atom stereocenters. The molecule has 0 aromatic rings. The second-order valence-electron chi connectivity index (χ2n) is 2.90. The van der Waals surface area contributed by atoms with Crippen LogP contribution in [0, 0.1) is 0 Å². The minimum Gasteiger partial charge on any atom is -0.300 e. The fourth-order valence-corrected chi connectivity index (χ4v) is 1.01. The largest absolute Gasteiger partial charge is 0.300 e. The highest BCUT2D eigenvalue weighted by atomic mass is 16.1. The van der Waals surface area contributed by atoms with Gasteiger partial charge in [-0.2, -0.15) is 0 Å². The first-order valence-corrected chi connectivity index (χ1v) is 4.54. The van der Waals surface area contributed by atoms with Gasteiger partial charge in [-0.3, -0.25) is 4.79 Å². The van der Waals surface area contributed by atoms with Gasteiger partial charge in [-0.05, 0) is 25.7 Å². The van der Waals surface area contributed by atoms with Crippen LogP contribution in [0.15, 0.2) is 25.3 Å². The molecule has 0 amide bonds. The summed E-state index contributed by atoms with van der Waals surface area (Å²) in [5.41, 5.74) is 0. The van der Waals surface area contributed by atoms with E-state index in [1.165, 1.54) is 0 Å². The van der Waals surface area contributed by atoms with Crippen molar-refractivity contribution in [2.75, 3.05) is 0 Å². The Morgan fingerprint density at radius 3 is 1.75 bits per heavy atom. The van der Waals surface area contributed by atoms with Crippen molar-refractivity contribution in [2.45, 2.75) is 38.5 Å². The molecular weight excluding hydrogens is 148 g/mol. The minimum absolute atomic E-state index is 0.374. The molecule has 68 valence electrons. The fourth-order valence-electron chi connectivity index (χ4n) is 1.01. The third-order valence-electron chi connectivity index (χ3n) is 1.73. The van der Waals surface area contributed by atoms with Gasteiger partial charge in [-0.25, -0.2) is 0 Å². The second-order valence-corrected chi connectivity index (χ2v) is 2.90. The molecule has 0 aromatic heterocycles. The Bertz CT molecular complexity index is 131. The molecule has 0 aromatic carbocycles. The zero-order chi connectivity index (χ0) is 9.23. The molecule has 0 N–H and O–H groups in total. The van der Waals surface area contributed by atoms with Gasteiger partial charge in [-0.1, -0.05) is 12.2 Å². The average molecular weight is 166 g/mol. The van der Waals surface area contributed by atoms with E-state index in [4.69, 9.17) is 0 Å². The normalized spacial score (nSPS) is 9.33. The monoisotopic (exact) mass is 166 g/mol. The molecular formula is C11H18O. The summed E-state index contributed by atoms with van der Waals surface area (Å²) < 4.78 is 0. The summed E-state index contributed by atoms with van der Waals surface area (Å²) >= 11 is 0. The molecule has 0 heterocycles. The Balaban J connectivity index is 3.21. The van der Waals surface area contributed by atoms with Crippen LogP contribution in [0.4, 0.5) is 0 Å². The fraction of sp³-hybridized carbons (Fsp3) is 0.545. The molecule has 0 aliphatic rings. The maximum atomic E-state index is 11.1. The molecule has 0 saturated heterocycles. The van der Waals surface area contributed by atoms with Gasteiger partial charge in [0.15, 0.2) is 0 Å². The molecule has 0 spiro atoms. The number of Topliss-reactive ketones (excluding diaryl/α,β-unsaturated/α-hetero) is 1. The quantitative estimate of drug-likeness (QED) is 0.399. The Kier molecular flexibility index (Phi) is 7.66. The van der Waals surface area contributed by atoms with E-state index < -0.39 is 0 Å². The van der Waals surface area contributed by atoms with E-state index in [0.29, 0.717) is 18.6 Å². The number of carbonyl (C=O) groups is 1. The summed E-state index contributed by atoms with van der Waals surface area (Å²) in [6, 6.07) is 0. The second kappa shape index (κ2) is 8.25. The summed E-state index contributed by atoms with van der Waals surface area (Å²) in [6.07, 6.45) is 8.95. The summed E-state index contributed by atoms with van der Waals surface area (Å²) in [7, 11) is 0. The summed E-state index contributed by atoms with van der Waals surface area (Å²) in [5.74, 6) is 0.374. The standard InChI is InChI=1S/C11H18O/c1-3-5-7-9-11(12)10-8-6-4-2/h3-4H,1-2,5-10H2. The predicted octanol–water partition coefficient (Wildman–Crippen LogP) is 3.27. The van der Waals surface area contributed by atoms with Crippen LogP contribution >= 0.6 is 0 Å². The Hall–Kier alpha value is -0.850. The lowest BCUT2D eigenvalue weighted by atomic mass is 10.1. The van der Waals surface area contributed by atoms with Gasteiger partial charge in [0, 0.05) is 12.8 Å². The highest BCUT2D eigenvalue weighted by Gasteiger charge is 1.99. The van der Waals surface area contributed by atoms with Gasteiger partial charge in [0.25, 0.3) is 0 Å². The van der Waals surface area contributed by atoms with Gasteiger partial charge >= 0.3 is 0 Å². The van der Waals surface area contributed by atoms with Crippen LogP contribution in [0.2, 0.25) is 0 Å². The first kappa shape index (κ1) is 11.2. The molecule has 0 aliphatic heterocycles. The van der Waals surface area contributed by atoms with Crippen molar-refractivity contribution >= 4 is 5.78 Å². The van der Waals surface area contributed by atoms with Crippen molar-refractivity contribution in [1.29, 1.82) is 0 Å². The molecule has 1 nitrogen and oxygen atoms in total. The zero-order valence-corrected chi connectivity index (χ0v) is 7.72. The van der Waals surface area contributed by atoms with E-state index in [9.17, 15) is 4.79 Å². The van der Waals surface area contributed by atoms with Crippen LogP contribution in [0.25, 0.3) is 0 Å². The smallest absolute Gasteiger partial charge is 0.132 e. The number of rotatable bonds is 8. The minimum atomic E-state index is 0.374. The summed E-state index contributed by atoms with van der Waals surface area (Å²) in [4.78, 5) is 11.1. The summed E-state index contributed by atoms with van der Waals surface area (Å²) in [6.45, 7) is 7.22. The lowest BCUT2D eigenvalue weighted by molar-refractivity contribution is -0.119. The van der Waals surface area contributed by atoms with Crippen molar-refractivity contribution in [2.24, 2.45) is 0 Å². The van der Waals surface area contributed by atoms with E-state index >= 15 is 0 Å². The van der Waals surface area contributed by atoms with Crippen LogP contribution in [-0.4, -0.2) is 5.78 Å². The first-order chi connectivity index (χ1) is 5.81. The van der Waals surface area contributed by atoms with Gasteiger partial charge in [-0.15, -0.1) is 13.2 Å². The van der Waals surface area contributed by atoms with E-state index in [-0.39, 0.29) is 0 Å². The maximum absolute atomic E-state index is 11.1. The maximum Gasteiger partial charge on any atom is 0.132 e. The molecule has 0 atom stereocenters. The van der Waals surface area contributed by atoms with Crippen molar-refractivity contribution < 1.29 is 4.79 Å². The van der Waals surface area contributed by atoms with Crippen LogP contribution in [0.5, 0.6) is 0 Å². The number of carbonyl (C=O) groups excluding carboxylic acids is 1. The van der Waals surface area contributed by atoms with Crippen LogP contribution < -0.4 is 0 Å². The van der Waals surface area contributed by atoms with E-state index in [0.717, 1.165) is 25.7 Å². The highest BCUT2D eigenvalue weighted by Crippen LogP contribution is 2.03. The third kappa shape index (κ3) is 7.26. The van der Waals surface area contributed by atoms with Gasteiger partial charge in [0.05, 0.1) is 0 Å². The number of hydrogen-bond acceptors (Lipinski definition) is 1. The lowest BCUT2D eigenvalue weighted by Gasteiger charge is -1.97. The van der Waals surface area contributed by atoms with Crippen molar-refractivity contribution in [3.05, 3.63) is 25.3 Å². The molecule has 0 saturated carbocycles. The van der Waals surface area contributed by atoms with Crippen molar-refractivity contribution in [3.8, 4) is 0 Å². The van der Waals surface area contributed by atoms with Gasteiger partial charge < -0.3 is 0 Å².